The number of nitrogens with one attached hydrogen (secondary N) is 2. The standard InChI is InChI=1S/C15H20N4O3S/c1-10-2-3-11(23-10)6-19-7-13(20)15(22,9-19)8-16-14(21)12-4-5-17-18-12/h2-5,13,20,22H,6-9H2,1H3,(H,16,21)(H,17,18)/t13-,15+/m1/s1. The normalized spacial score (nSPS) is 24.9. The van der Waals surface area contributed by atoms with Gasteiger partial charge in [-0.05, 0) is 25.1 Å². The molecule has 0 saturated carbocycles. The zero-order chi connectivity index (χ0) is 16.4. The summed E-state index contributed by atoms with van der Waals surface area (Å²) >= 11 is 1.71. The fourth-order valence-electron chi connectivity index (χ4n) is 2.77. The molecule has 0 unspecified atom stereocenters. The van der Waals surface area contributed by atoms with Crippen molar-refractivity contribution in [3.8, 4) is 0 Å². The van der Waals surface area contributed by atoms with Crippen LogP contribution in [0.15, 0.2) is 24.4 Å². The fraction of sp³-hybridized carbons (Fsp3) is 0.467. The van der Waals surface area contributed by atoms with E-state index in [9.17, 15) is 15.0 Å². The smallest absolute Gasteiger partial charge is 0.269 e. The SMILES string of the molecule is Cc1ccc(CN2C[C@@H](O)[C@](O)(CNC(=O)c3ccn[nH]3)C2)s1. The van der Waals surface area contributed by atoms with Crippen LogP contribution < -0.4 is 5.32 Å². The van der Waals surface area contributed by atoms with Gasteiger partial charge in [0.15, 0.2) is 0 Å². The predicted octanol–water partition coefficient (Wildman–Crippen LogP) is 0.117. The molecule has 0 radical (unpaired) electrons. The molecule has 1 aliphatic rings. The number of aliphatic hydroxyl groups is 2. The molecule has 1 aliphatic heterocycles. The molecular formula is C15H20N4O3S. The van der Waals surface area contributed by atoms with Crippen molar-refractivity contribution in [3.63, 3.8) is 0 Å². The van der Waals surface area contributed by atoms with Gasteiger partial charge in [0.05, 0.1) is 12.6 Å². The maximum absolute atomic E-state index is 11.9. The lowest BCUT2D eigenvalue weighted by Crippen LogP contribution is -2.51. The molecule has 2 aromatic heterocycles. The number of nitrogens with zero attached hydrogens (tertiary/aromatic N) is 2. The van der Waals surface area contributed by atoms with Crippen LogP contribution in [0.2, 0.25) is 0 Å². The Kier molecular flexibility index (Phi) is 4.49. The van der Waals surface area contributed by atoms with Gasteiger partial charge in [-0.3, -0.25) is 14.8 Å². The Morgan fingerprint density at radius 3 is 3.04 bits per heavy atom. The molecule has 1 amide bonds. The van der Waals surface area contributed by atoms with Crippen molar-refractivity contribution in [2.75, 3.05) is 19.6 Å². The molecule has 8 heteroatoms. The number of thiophene rings is 1. The summed E-state index contributed by atoms with van der Waals surface area (Å²) in [4.78, 5) is 16.3. The van der Waals surface area contributed by atoms with Crippen LogP contribution in [-0.2, 0) is 6.54 Å². The maximum Gasteiger partial charge on any atom is 0.269 e. The Hall–Kier alpha value is -1.74. The summed E-state index contributed by atoms with van der Waals surface area (Å²) in [6, 6.07) is 5.67. The molecule has 23 heavy (non-hydrogen) atoms. The lowest BCUT2D eigenvalue weighted by molar-refractivity contribution is -0.0377. The lowest BCUT2D eigenvalue weighted by atomic mass is 10.0. The number of likely N-dealkylation sites (tertiary alicyclic amines) is 1. The van der Waals surface area contributed by atoms with Crippen LogP contribution >= 0.6 is 11.3 Å². The number of hydrogen-bond donors (Lipinski definition) is 4. The van der Waals surface area contributed by atoms with E-state index >= 15 is 0 Å². The third kappa shape index (κ3) is 3.61. The van der Waals surface area contributed by atoms with E-state index in [0.717, 1.165) is 0 Å². The molecule has 2 atom stereocenters. The minimum absolute atomic E-state index is 0.00795. The lowest BCUT2D eigenvalue weighted by Gasteiger charge is -2.26. The van der Waals surface area contributed by atoms with Gasteiger partial charge in [-0.25, -0.2) is 0 Å². The van der Waals surface area contributed by atoms with Crippen LogP contribution in [-0.4, -0.2) is 62.6 Å². The number of H-pyrrole nitrogens is 1. The first-order chi connectivity index (χ1) is 11.0. The van der Waals surface area contributed by atoms with E-state index in [-0.39, 0.29) is 12.5 Å². The van der Waals surface area contributed by atoms with Crippen LogP contribution in [0.3, 0.4) is 0 Å². The van der Waals surface area contributed by atoms with Crippen molar-refractivity contribution < 1.29 is 15.0 Å². The number of carbonyl (C=O) groups is 1. The molecule has 0 aromatic carbocycles. The van der Waals surface area contributed by atoms with E-state index in [2.05, 4.69) is 27.6 Å². The highest BCUT2D eigenvalue weighted by Crippen LogP contribution is 2.25. The van der Waals surface area contributed by atoms with Crippen molar-refractivity contribution in [2.45, 2.75) is 25.2 Å². The van der Waals surface area contributed by atoms with Crippen molar-refractivity contribution in [1.82, 2.24) is 20.4 Å². The van der Waals surface area contributed by atoms with E-state index in [0.29, 0.717) is 25.3 Å². The van der Waals surface area contributed by atoms with Gasteiger partial charge in [0.25, 0.3) is 5.91 Å². The van der Waals surface area contributed by atoms with E-state index in [1.807, 2.05) is 11.8 Å². The van der Waals surface area contributed by atoms with Gasteiger partial charge in [-0.1, -0.05) is 0 Å². The largest absolute Gasteiger partial charge is 0.389 e. The highest BCUT2D eigenvalue weighted by molar-refractivity contribution is 7.11. The Morgan fingerprint density at radius 2 is 2.39 bits per heavy atom. The van der Waals surface area contributed by atoms with E-state index in [1.54, 1.807) is 17.4 Å². The molecule has 1 fully saturated rings. The Morgan fingerprint density at radius 1 is 1.57 bits per heavy atom. The van der Waals surface area contributed by atoms with E-state index in [1.165, 1.54) is 16.0 Å². The monoisotopic (exact) mass is 336 g/mol. The summed E-state index contributed by atoms with van der Waals surface area (Å²) in [5.74, 6) is -0.351. The maximum atomic E-state index is 11.9. The Balaban J connectivity index is 1.57. The second-order valence-electron chi connectivity index (χ2n) is 5.95. The first-order valence-electron chi connectivity index (χ1n) is 7.42. The van der Waals surface area contributed by atoms with E-state index < -0.39 is 11.7 Å². The van der Waals surface area contributed by atoms with Gasteiger partial charge in [0.2, 0.25) is 0 Å². The number of aryl methyl sites for hydroxylation is 1. The predicted molar refractivity (Wildman–Crippen MR) is 86.2 cm³/mol. The van der Waals surface area contributed by atoms with Crippen LogP contribution in [0.5, 0.6) is 0 Å². The second kappa shape index (κ2) is 6.40. The number of hydrogen-bond acceptors (Lipinski definition) is 6. The number of β-amino-alcohol motifs (C(OH)–C–C–N with tert-alkyl or cyclic N) is 2. The summed E-state index contributed by atoms with van der Waals surface area (Å²) in [7, 11) is 0. The number of aliphatic hydroxyl groups excluding tert-OH is 1. The highest BCUT2D eigenvalue weighted by Gasteiger charge is 2.44. The minimum atomic E-state index is -1.35. The summed E-state index contributed by atoms with van der Waals surface area (Å²) in [6.45, 7) is 3.43. The van der Waals surface area contributed by atoms with Crippen LogP contribution in [0.25, 0.3) is 0 Å². The first-order valence-corrected chi connectivity index (χ1v) is 8.23. The molecule has 124 valence electrons. The number of carbonyl (C=O) groups excluding carboxylic acids is 1. The molecule has 0 bridgehead atoms. The van der Waals surface area contributed by atoms with Crippen molar-refractivity contribution >= 4 is 17.2 Å². The second-order valence-corrected chi connectivity index (χ2v) is 7.33. The van der Waals surface area contributed by atoms with Gasteiger partial charge in [0.1, 0.15) is 11.3 Å². The quantitative estimate of drug-likeness (QED) is 0.621. The summed E-state index contributed by atoms with van der Waals surface area (Å²) in [5.41, 5.74) is -1.02. The number of aromatic nitrogens is 2. The number of rotatable bonds is 5. The van der Waals surface area contributed by atoms with Gasteiger partial charge in [-0.2, -0.15) is 5.10 Å². The van der Waals surface area contributed by atoms with Crippen molar-refractivity contribution in [1.29, 1.82) is 0 Å². The third-order valence-electron chi connectivity index (χ3n) is 4.02. The molecule has 0 aliphatic carbocycles. The first kappa shape index (κ1) is 16.1. The average Bonchev–Trinajstić information content (AvgIpc) is 3.21. The zero-order valence-corrected chi connectivity index (χ0v) is 13.6. The summed E-state index contributed by atoms with van der Waals surface area (Å²) in [6.07, 6.45) is 0.587. The molecule has 3 heterocycles. The van der Waals surface area contributed by atoms with Crippen LogP contribution in [0.4, 0.5) is 0 Å². The minimum Gasteiger partial charge on any atom is -0.389 e. The molecule has 7 nitrogen and oxygen atoms in total. The van der Waals surface area contributed by atoms with Crippen LogP contribution in [0.1, 0.15) is 20.2 Å². The molecule has 0 spiro atoms. The fourth-order valence-corrected chi connectivity index (χ4v) is 3.70. The molecule has 4 N–H and O–H groups in total. The zero-order valence-electron chi connectivity index (χ0n) is 12.8. The molecule has 3 rings (SSSR count). The number of amides is 1. The highest BCUT2D eigenvalue weighted by atomic mass is 32.1. The van der Waals surface area contributed by atoms with Gasteiger partial charge >= 0.3 is 0 Å². The van der Waals surface area contributed by atoms with Crippen LogP contribution in [0, 0.1) is 6.92 Å². The Bertz CT molecular complexity index is 672. The van der Waals surface area contributed by atoms with E-state index in [4.69, 9.17) is 0 Å². The summed E-state index contributed by atoms with van der Waals surface area (Å²) in [5, 5.41) is 29.7. The van der Waals surface area contributed by atoms with Crippen molar-refractivity contribution in [3.05, 3.63) is 39.8 Å². The number of aromatic amines is 1. The topological polar surface area (TPSA) is 101 Å². The molecular weight excluding hydrogens is 316 g/mol. The molecule has 2 aromatic rings. The molecule has 1 saturated heterocycles. The van der Waals surface area contributed by atoms with Crippen molar-refractivity contribution in [2.24, 2.45) is 0 Å². The average molecular weight is 336 g/mol. The summed E-state index contributed by atoms with van der Waals surface area (Å²) < 4.78 is 0. The van der Waals surface area contributed by atoms with Gasteiger partial charge in [-0.15, -0.1) is 11.3 Å². The van der Waals surface area contributed by atoms with Gasteiger partial charge in [0, 0.05) is 35.6 Å². The van der Waals surface area contributed by atoms with Gasteiger partial charge < -0.3 is 15.5 Å². The third-order valence-corrected chi connectivity index (χ3v) is 5.01. The Labute approximate surface area is 137 Å².